The molecule has 1 heterocycles. The molecule has 1 saturated carbocycles. The van der Waals surface area contributed by atoms with E-state index in [2.05, 4.69) is 54.1 Å². The fourth-order valence-corrected chi connectivity index (χ4v) is 4.77. The molecule has 0 bridgehead atoms. The Balaban J connectivity index is 1.34. The lowest BCUT2D eigenvalue weighted by Gasteiger charge is -2.30. The molecule has 1 aliphatic rings. The average molecular weight is 461 g/mol. The summed E-state index contributed by atoms with van der Waals surface area (Å²) in [5, 5.41) is 10.9. The van der Waals surface area contributed by atoms with E-state index in [1.807, 2.05) is 37.2 Å². The number of amides is 2. The quantitative estimate of drug-likeness (QED) is 0.442. The van der Waals surface area contributed by atoms with Crippen LogP contribution in [0.3, 0.4) is 0 Å². The molecule has 1 aromatic heterocycles. The number of nitrogens with zero attached hydrogens (tertiary/aromatic N) is 3. The normalized spacial score (nSPS) is 17.9. The number of aryl methyl sites for hydroxylation is 2. The lowest BCUT2D eigenvalue weighted by Crippen LogP contribution is -2.42. The van der Waals surface area contributed by atoms with Crippen molar-refractivity contribution in [2.75, 3.05) is 29.6 Å². The van der Waals surface area contributed by atoms with E-state index < -0.39 is 0 Å². The van der Waals surface area contributed by atoms with Gasteiger partial charge in [0, 0.05) is 37.3 Å². The lowest BCUT2D eigenvalue weighted by atomic mass is 9.91. The van der Waals surface area contributed by atoms with Crippen molar-refractivity contribution in [3.05, 3.63) is 53.6 Å². The van der Waals surface area contributed by atoms with Crippen molar-refractivity contribution in [3.63, 3.8) is 0 Å². The molecule has 180 valence electrons. The third kappa shape index (κ3) is 5.41. The highest BCUT2D eigenvalue weighted by Gasteiger charge is 2.24. The van der Waals surface area contributed by atoms with Crippen LogP contribution in [0.5, 0.6) is 0 Å². The number of hydrogen-bond donors (Lipinski definition) is 3. The van der Waals surface area contributed by atoms with Gasteiger partial charge in [-0.2, -0.15) is 4.98 Å². The molecule has 7 heteroatoms. The van der Waals surface area contributed by atoms with Crippen LogP contribution in [0.2, 0.25) is 0 Å². The number of rotatable bonds is 7. The summed E-state index contributed by atoms with van der Waals surface area (Å²) in [4.78, 5) is 24.3. The van der Waals surface area contributed by atoms with Crippen LogP contribution in [0, 0.1) is 0 Å². The van der Waals surface area contributed by atoms with Gasteiger partial charge in [-0.05, 0) is 61.8 Å². The molecule has 3 N–H and O–H groups in total. The van der Waals surface area contributed by atoms with Gasteiger partial charge in [0.1, 0.15) is 5.82 Å². The molecule has 4 rings (SSSR count). The first-order chi connectivity index (χ1) is 16.5. The molecule has 3 aromatic rings. The third-order valence-corrected chi connectivity index (χ3v) is 6.64. The number of hydrogen-bond acceptors (Lipinski definition) is 5. The maximum atomic E-state index is 12.8. The van der Waals surface area contributed by atoms with Gasteiger partial charge in [0.2, 0.25) is 5.95 Å². The highest BCUT2D eigenvalue weighted by atomic mass is 16.2. The zero-order valence-electron chi connectivity index (χ0n) is 20.7. The molecule has 0 aliphatic heterocycles. The van der Waals surface area contributed by atoms with E-state index in [4.69, 9.17) is 9.97 Å². The second kappa shape index (κ2) is 10.7. The van der Waals surface area contributed by atoms with Gasteiger partial charge in [0.25, 0.3) is 0 Å². The van der Waals surface area contributed by atoms with E-state index in [0.29, 0.717) is 12.0 Å². The zero-order chi connectivity index (χ0) is 24.1. The van der Waals surface area contributed by atoms with Gasteiger partial charge in [-0.3, -0.25) is 0 Å². The van der Waals surface area contributed by atoms with Crippen molar-refractivity contribution < 1.29 is 4.79 Å². The minimum Gasteiger partial charge on any atom is -0.362 e. The largest absolute Gasteiger partial charge is 0.362 e. The molecular weight excluding hydrogens is 424 g/mol. The highest BCUT2D eigenvalue weighted by molar-refractivity contribution is 5.91. The molecule has 0 saturated heterocycles. The summed E-state index contributed by atoms with van der Waals surface area (Å²) in [6.07, 6.45) is 5.57. The number of urea groups is 1. The molecule has 1 aliphatic carbocycles. The minimum atomic E-state index is -0.111. The van der Waals surface area contributed by atoms with Crippen LogP contribution in [0.4, 0.5) is 22.2 Å². The van der Waals surface area contributed by atoms with Gasteiger partial charge < -0.3 is 20.9 Å². The van der Waals surface area contributed by atoms with Crippen LogP contribution >= 0.6 is 0 Å². The van der Waals surface area contributed by atoms with Crippen molar-refractivity contribution >= 4 is 34.4 Å². The van der Waals surface area contributed by atoms with Crippen molar-refractivity contribution in [1.29, 1.82) is 0 Å². The molecule has 7 nitrogen and oxygen atoms in total. The first kappa shape index (κ1) is 23.8. The van der Waals surface area contributed by atoms with Gasteiger partial charge in [-0.25, -0.2) is 9.78 Å². The van der Waals surface area contributed by atoms with Crippen LogP contribution in [-0.4, -0.2) is 42.2 Å². The Kier molecular flexibility index (Phi) is 7.50. The summed E-state index contributed by atoms with van der Waals surface area (Å²) in [5.41, 5.74) is 4.25. The fraction of sp³-hybridized carbons (Fsp3) is 0.444. The number of aromatic nitrogens is 2. The first-order valence-electron chi connectivity index (χ1n) is 12.4. The summed E-state index contributed by atoms with van der Waals surface area (Å²) in [7, 11) is 4.01. The smallest absolute Gasteiger partial charge is 0.319 e. The molecule has 1 fully saturated rings. The van der Waals surface area contributed by atoms with Crippen LogP contribution in [-0.2, 0) is 12.8 Å². The molecule has 34 heavy (non-hydrogen) atoms. The number of para-hydroxylation sites is 2. The van der Waals surface area contributed by atoms with Gasteiger partial charge in [-0.15, -0.1) is 0 Å². The van der Waals surface area contributed by atoms with Gasteiger partial charge in [0.05, 0.1) is 5.52 Å². The molecule has 2 amide bonds. The van der Waals surface area contributed by atoms with E-state index in [-0.39, 0.29) is 12.1 Å². The maximum Gasteiger partial charge on any atom is 0.319 e. The standard InChI is InChI=1S/C27H36N6O/c1-5-18-10-9-11-19(6-2)24(18)31-27(34)29-21-16-14-20(15-17-21)28-26-30-23-13-8-7-12-22(23)25(32-26)33(3)4/h7-13,20-21H,5-6,14-17H2,1-4H3,(H,28,30,32)(H2,29,31,34). The Labute approximate surface area is 202 Å². The van der Waals surface area contributed by atoms with Crippen molar-refractivity contribution in [2.45, 2.75) is 64.5 Å². The van der Waals surface area contributed by atoms with Gasteiger partial charge >= 0.3 is 6.03 Å². The van der Waals surface area contributed by atoms with Crippen molar-refractivity contribution in [1.82, 2.24) is 15.3 Å². The fourth-order valence-electron chi connectivity index (χ4n) is 4.77. The van der Waals surface area contributed by atoms with Gasteiger partial charge in [-0.1, -0.05) is 44.2 Å². The van der Waals surface area contributed by atoms with Crippen molar-refractivity contribution in [3.8, 4) is 0 Å². The Morgan fingerprint density at radius 3 is 2.21 bits per heavy atom. The van der Waals surface area contributed by atoms with E-state index >= 15 is 0 Å². The molecule has 0 unspecified atom stereocenters. The van der Waals surface area contributed by atoms with E-state index in [1.54, 1.807) is 0 Å². The molecular formula is C27H36N6O. The highest BCUT2D eigenvalue weighted by Crippen LogP contribution is 2.27. The predicted octanol–water partition coefficient (Wildman–Crippen LogP) is 5.37. The Hall–Kier alpha value is -3.35. The number of carbonyl (C=O) groups is 1. The summed E-state index contributed by atoms with van der Waals surface area (Å²) in [5.74, 6) is 1.58. The molecule has 0 spiro atoms. The number of nitrogens with one attached hydrogen (secondary N) is 3. The third-order valence-electron chi connectivity index (χ3n) is 6.64. The Bertz CT molecular complexity index is 1110. The van der Waals surface area contributed by atoms with E-state index in [0.717, 1.165) is 60.9 Å². The van der Waals surface area contributed by atoms with Crippen LogP contribution in [0.1, 0.15) is 50.7 Å². The summed E-state index contributed by atoms with van der Waals surface area (Å²) in [6.45, 7) is 4.24. The second-order valence-corrected chi connectivity index (χ2v) is 9.23. The van der Waals surface area contributed by atoms with Crippen LogP contribution in [0.25, 0.3) is 10.9 Å². The number of anilines is 3. The summed E-state index contributed by atoms with van der Waals surface area (Å²) >= 11 is 0. The number of benzene rings is 2. The summed E-state index contributed by atoms with van der Waals surface area (Å²) < 4.78 is 0. The van der Waals surface area contributed by atoms with Gasteiger partial charge in [0.15, 0.2) is 0 Å². The number of fused-ring (bicyclic) bond motifs is 1. The lowest BCUT2D eigenvalue weighted by molar-refractivity contribution is 0.243. The molecule has 0 radical (unpaired) electrons. The second-order valence-electron chi connectivity index (χ2n) is 9.23. The topological polar surface area (TPSA) is 82.2 Å². The zero-order valence-corrected chi connectivity index (χ0v) is 20.7. The van der Waals surface area contributed by atoms with Crippen LogP contribution in [0.15, 0.2) is 42.5 Å². The van der Waals surface area contributed by atoms with Crippen LogP contribution < -0.4 is 20.9 Å². The van der Waals surface area contributed by atoms with Crippen molar-refractivity contribution in [2.24, 2.45) is 0 Å². The Morgan fingerprint density at radius 1 is 0.912 bits per heavy atom. The SMILES string of the molecule is CCc1cccc(CC)c1NC(=O)NC1CCC(Nc2nc(N(C)C)c3ccccc3n2)CC1. The number of carbonyl (C=O) groups excluding carboxylic acids is 1. The minimum absolute atomic E-state index is 0.111. The van der Waals surface area contributed by atoms with E-state index in [1.165, 1.54) is 11.1 Å². The Morgan fingerprint density at radius 2 is 1.56 bits per heavy atom. The first-order valence-corrected chi connectivity index (χ1v) is 12.4. The van der Waals surface area contributed by atoms with E-state index in [9.17, 15) is 4.79 Å². The maximum absolute atomic E-state index is 12.8. The molecule has 2 aromatic carbocycles. The average Bonchev–Trinajstić information content (AvgIpc) is 2.84. The summed E-state index contributed by atoms with van der Waals surface area (Å²) in [6, 6.07) is 14.7. The monoisotopic (exact) mass is 460 g/mol. The molecule has 0 atom stereocenters. The predicted molar refractivity (Wildman–Crippen MR) is 141 cm³/mol.